The maximum Gasteiger partial charge on any atom is 0.276 e. The van der Waals surface area contributed by atoms with Gasteiger partial charge in [0.2, 0.25) is 0 Å². The summed E-state index contributed by atoms with van der Waals surface area (Å²) >= 11 is 0. The minimum absolute atomic E-state index is 0.00569. The van der Waals surface area contributed by atoms with Gasteiger partial charge >= 0.3 is 0 Å². The fourth-order valence-corrected chi connectivity index (χ4v) is 3.03. The molecule has 3 heterocycles. The van der Waals surface area contributed by atoms with Crippen molar-refractivity contribution in [2.75, 3.05) is 19.7 Å². The van der Waals surface area contributed by atoms with Gasteiger partial charge in [0.15, 0.2) is 17.8 Å². The number of carbonyl (C=O) groups is 1. The predicted octanol–water partition coefficient (Wildman–Crippen LogP) is 2.93. The van der Waals surface area contributed by atoms with Crippen LogP contribution in [0.5, 0.6) is 0 Å². The highest BCUT2D eigenvalue weighted by atomic mass is 16.5. The lowest BCUT2D eigenvalue weighted by atomic mass is 10.1. The lowest BCUT2D eigenvalue weighted by molar-refractivity contribution is 0.0703. The van der Waals surface area contributed by atoms with Crippen molar-refractivity contribution < 1.29 is 13.9 Å². The molecule has 2 saturated heterocycles. The highest BCUT2D eigenvalue weighted by Crippen LogP contribution is 2.31. The molecular weight excluding hydrogens is 256 g/mol. The molecule has 1 unspecified atom stereocenters. The molecule has 0 saturated carbocycles. The molecule has 2 aliphatic rings. The molecule has 2 fully saturated rings. The zero-order chi connectivity index (χ0) is 13.8. The van der Waals surface area contributed by atoms with Crippen LogP contribution in [0, 0.1) is 0 Å². The summed E-state index contributed by atoms with van der Waals surface area (Å²) in [7, 11) is 0. The van der Waals surface area contributed by atoms with E-state index in [1.165, 1.54) is 25.7 Å². The Morgan fingerprint density at radius 3 is 2.60 bits per heavy atom. The number of nitrogens with zero attached hydrogens (tertiary/aromatic N) is 2. The van der Waals surface area contributed by atoms with Crippen LogP contribution in [0.1, 0.15) is 67.3 Å². The maximum absolute atomic E-state index is 12.7. The number of amides is 1. The minimum atomic E-state index is -0.0915. The summed E-state index contributed by atoms with van der Waals surface area (Å²) in [5, 5.41) is 0. The fourth-order valence-electron chi connectivity index (χ4n) is 3.03. The van der Waals surface area contributed by atoms with Crippen molar-refractivity contribution in [3.05, 3.63) is 17.8 Å². The van der Waals surface area contributed by atoms with Crippen LogP contribution in [0.4, 0.5) is 0 Å². The van der Waals surface area contributed by atoms with Gasteiger partial charge in [-0.15, -0.1) is 0 Å². The Balaban J connectivity index is 1.74. The van der Waals surface area contributed by atoms with Crippen LogP contribution in [-0.4, -0.2) is 35.5 Å². The van der Waals surface area contributed by atoms with Crippen molar-refractivity contribution in [3.63, 3.8) is 0 Å². The van der Waals surface area contributed by atoms with Crippen molar-refractivity contribution in [2.24, 2.45) is 0 Å². The molecular formula is C15H22N2O3. The zero-order valence-corrected chi connectivity index (χ0v) is 11.8. The number of likely N-dealkylation sites (tertiary alicyclic amines) is 1. The van der Waals surface area contributed by atoms with E-state index in [0.29, 0.717) is 11.5 Å². The van der Waals surface area contributed by atoms with Gasteiger partial charge in [-0.3, -0.25) is 4.79 Å². The quantitative estimate of drug-likeness (QED) is 0.834. The maximum atomic E-state index is 12.7. The van der Waals surface area contributed by atoms with Gasteiger partial charge in [0.05, 0.1) is 0 Å². The van der Waals surface area contributed by atoms with Gasteiger partial charge in [-0.1, -0.05) is 19.3 Å². The average Bonchev–Trinajstić information content (AvgIpc) is 3.08. The molecule has 2 aliphatic heterocycles. The molecule has 5 heteroatoms. The van der Waals surface area contributed by atoms with Crippen molar-refractivity contribution in [1.82, 2.24) is 9.88 Å². The first-order valence-corrected chi connectivity index (χ1v) is 7.70. The number of oxazole rings is 1. The topological polar surface area (TPSA) is 55.6 Å². The van der Waals surface area contributed by atoms with E-state index in [1.807, 2.05) is 4.90 Å². The lowest BCUT2D eigenvalue weighted by Gasteiger charge is -2.24. The van der Waals surface area contributed by atoms with E-state index >= 15 is 0 Å². The van der Waals surface area contributed by atoms with Gasteiger partial charge in [0, 0.05) is 19.7 Å². The Morgan fingerprint density at radius 2 is 1.90 bits per heavy atom. The van der Waals surface area contributed by atoms with E-state index in [9.17, 15) is 4.79 Å². The molecule has 1 aromatic rings. The van der Waals surface area contributed by atoms with Crippen molar-refractivity contribution in [2.45, 2.75) is 51.0 Å². The second kappa shape index (κ2) is 6.39. The molecule has 0 bridgehead atoms. The summed E-state index contributed by atoms with van der Waals surface area (Å²) in [4.78, 5) is 18.7. The van der Waals surface area contributed by atoms with Crippen LogP contribution in [0.25, 0.3) is 0 Å². The first-order chi connectivity index (χ1) is 9.86. The second-order valence-electron chi connectivity index (χ2n) is 5.63. The molecule has 0 aliphatic carbocycles. The molecule has 110 valence electrons. The van der Waals surface area contributed by atoms with Gasteiger partial charge < -0.3 is 14.1 Å². The standard InChI is InChI=1S/C15H22N2O3/c18-15(17-8-4-2-1-3-5-9-17)13-14(20-11-16-13)12-7-6-10-19-12/h11-12H,1-10H2. The minimum Gasteiger partial charge on any atom is -0.445 e. The van der Waals surface area contributed by atoms with Crippen LogP contribution < -0.4 is 0 Å². The third-order valence-electron chi connectivity index (χ3n) is 4.16. The highest BCUT2D eigenvalue weighted by molar-refractivity contribution is 5.93. The van der Waals surface area contributed by atoms with Crippen molar-refractivity contribution >= 4 is 5.91 Å². The Kier molecular flexibility index (Phi) is 4.35. The van der Waals surface area contributed by atoms with E-state index in [1.54, 1.807) is 0 Å². The van der Waals surface area contributed by atoms with E-state index in [-0.39, 0.29) is 12.0 Å². The highest BCUT2D eigenvalue weighted by Gasteiger charge is 2.30. The van der Waals surface area contributed by atoms with Crippen LogP contribution in [0.3, 0.4) is 0 Å². The monoisotopic (exact) mass is 278 g/mol. The largest absolute Gasteiger partial charge is 0.445 e. The zero-order valence-electron chi connectivity index (χ0n) is 11.8. The van der Waals surface area contributed by atoms with E-state index < -0.39 is 0 Å². The first kappa shape index (κ1) is 13.6. The normalized spacial score (nSPS) is 24.4. The molecule has 1 aromatic heterocycles. The molecule has 20 heavy (non-hydrogen) atoms. The van der Waals surface area contributed by atoms with Gasteiger partial charge in [0.1, 0.15) is 6.10 Å². The summed E-state index contributed by atoms with van der Waals surface area (Å²) in [6.45, 7) is 2.40. The van der Waals surface area contributed by atoms with Crippen molar-refractivity contribution in [3.8, 4) is 0 Å². The summed E-state index contributed by atoms with van der Waals surface area (Å²) in [5.74, 6) is 0.626. The molecule has 0 spiro atoms. The van der Waals surface area contributed by atoms with Crippen LogP contribution in [0.15, 0.2) is 10.8 Å². The molecule has 1 amide bonds. The van der Waals surface area contributed by atoms with E-state index in [0.717, 1.165) is 45.4 Å². The van der Waals surface area contributed by atoms with E-state index in [2.05, 4.69) is 4.98 Å². The second-order valence-corrected chi connectivity index (χ2v) is 5.63. The Labute approximate surface area is 119 Å². The van der Waals surface area contributed by atoms with Gasteiger partial charge in [-0.05, 0) is 25.7 Å². The first-order valence-electron chi connectivity index (χ1n) is 7.70. The fraction of sp³-hybridized carbons (Fsp3) is 0.733. The smallest absolute Gasteiger partial charge is 0.276 e. The molecule has 5 nitrogen and oxygen atoms in total. The molecule has 3 rings (SSSR count). The summed E-state index contributed by atoms with van der Waals surface area (Å²) in [6.07, 6.45) is 9.07. The van der Waals surface area contributed by atoms with E-state index in [4.69, 9.17) is 9.15 Å². The summed E-state index contributed by atoms with van der Waals surface area (Å²) in [6, 6.07) is 0. The number of hydrogen-bond acceptors (Lipinski definition) is 4. The predicted molar refractivity (Wildman–Crippen MR) is 73.4 cm³/mol. The number of carbonyl (C=O) groups excluding carboxylic acids is 1. The number of ether oxygens (including phenoxy) is 1. The lowest BCUT2D eigenvalue weighted by Crippen LogP contribution is -2.34. The number of rotatable bonds is 2. The summed E-state index contributed by atoms with van der Waals surface area (Å²) < 4.78 is 11.0. The third kappa shape index (κ3) is 2.87. The number of hydrogen-bond donors (Lipinski definition) is 0. The Hall–Kier alpha value is -1.36. The molecule has 0 radical (unpaired) electrons. The van der Waals surface area contributed by atoms with Crippen molar-refractivity contribution in [1.29, 1.82) is 0 Å². The SMILES string of the molecule is O=C(c1ncoc1C1CCCO1)N1CCCCCCC1. The van der Waals surface area contributed by atoms with Gasteiger partial charge in [0.25, 0.3) is 5.91 Å². The molecule has 0 aromatic carbocycles. The molecule has 1 atom stereocenters. The van der Waals surface area contributed by atoms with Crippen LogP contribution in [0.2, 0.25) is 0 Å². The molecule has 0 N–H and O–H groups in total. The van der Waals surface area contributed by atoms with Crippen LogP contribution >= 0.6 is 0 Å². The van der Waals surface area contributed by atoms with Gasteiger partial charge in [-0.25, -0.2) is 4.98 Å². The Bertz CT molecular complexity index is 444. The van der Waals surface area contributed by atoms with Gasteiger partial charge in [-0.2, -0.15) is 0 Å². The Morgan fingerprint density at radius 1 is 1.15 bits per heavy atom. The van der Waals surface area contributed by atoms with Crippen LogP contribution in [-0.2, 0) is 4.74 Å². The average molecular weight is 278 g/mol. The number of aromatic nitrogens is 1. The third-order valence-corrected chi connectivity index (χ3v) is 4.16. The summed E-state index contributed by atoms with van der Waals surface area (Å²) in [5.41, 5.74) is 0.456.